The van der Waals surface area contributed by atoms with Crippen molar-refractivity contribution in [1.29, 1.82) is 0 Å². The molecule has 0 saturated carbocycles. The fourth-order valence-electron chi connectivity index (χ4n) is 4.67. The predicted molar refractivity (Wildman–Crippen MR) is 158 cm³/mol. The number of non-ortho nitro benzene ring substituents is 1. The number of thioether (sulfide) groups is 1. The van der Waals surface area contributed by atoms with Crippen LogP contribution in [0, 0.1) is 10.1 Å². The number of hydrogen-bond acceptors (Lipinski definition) is 6. The van der Waals surface area contributed by atoms with E-state index in [-0.39, 0.29) is 10.6 Å². The van der Waals surface area contributed by atoms with Crippen LogP contribution in [0.25, 0.3) is 5.69 Å². The van der Waals surface area contributed by atoms with Crippen molar-refractivity contribution >= 4 is 63.9 Å². The molecule has 12 heteroatoms. The molecule has 0 bridgehead atoms. The molecule has 0 amide bonds. The Morgan fingerprint density at radius 3 is 2.21 bits per heavy atom. The first-order valence-corrected chi connectivity index (χ1v) is 14.7. The number of rotatable bonds is 8. The van der Waals surface area contributed by atoms with Gasteiger partial charge in [-0.05, 0) is 73.3 Å². The molecule has 0 aliphatic carbocycles. The number of piperidine rings is 1. The smallest absolute Gasteiger partial charge is 0.269 e. The van der Waals surface area contributed by atoms with Gasteiger partial charge >= 0.3 is 0 Å². The zero-order chi connectivity index (χ0) is 27.5. The first-order valence-electron chi connectivity index (χ1n) is 12.2. The summed E-state index contributed by atoms with van der Waals surface area (Å²) in [6, 6.07) is 17.7. The minimum absolute atomic E-state index is 0.114. The topological polar surface area (TPSA) is 77.1 Å². The van der Waals surface area contributed by atoms with Gasteiger partial charge in [-0.15, -0.1) is 10.2 Å². The lowest BCUT2D eigenvalue weighted by Crippen LogP contribution is -2.33. The van der Waals surface area contributed by atoms with Crippen molar-refractivity contribution in [2.45, 2.75) is 36.2 Å². The molecule has 1 saturated heterocycles. The van der Waals surface area contributed by atoms with Gasteiger partial charge in [-0.2, -0.15) is 0 Å². The van der Waals surface area contributed by atoms with Crippen LogP contribution in [0.2, 0.25) is 20.1 Å². The number of nitro groups is 1. The Labute approximate surface area is 250 Å². The molecule has 0 spiro atoms. The summed E-state index contributed by atoms with van der Waals surface area (Å²) in [7, 11) is 0. The maximum Gasteiger partial charge on any atom is 0.269 e. The van der Waals surface area contributed by atoms with Crippen LogP contribution in [0.15, 0.2) is 65.8 Å². The lowest BCUT2D eigenvalue weighted by molar-refractivity contribution is -0.384. The molecule has 1 aromatic heterocycles. The molecule has 4 aromatic rings. The molecule has 5 rings (SSSR count). The van der Waals surface area contributed by atoms with Crippen LogP contribution < -0.4 is 0 Å². The molecule has 7 nitrogen and oxygen atoms in total. The molecule has 0 N–H and O–H groups in total. The van der Waals surface area contributed by atoms with E-state index in [0.29, 0.717) is 43.5 Å². The van der Waals surface area contributed by atoms with Gasteiger partial charge in [0.25, 0.3) is 5.69 Å². The fraction of sp³-hybridized carbons (Fsp3) is 0.259. The molecule has 0 radical (unpaired) electrons. The van der Waals surface area contributed by atoms with E-state index in [4.69, 9.17) is 46.4 Å². The van der Waals surface area contributed by atoms with Gasteiger partial charge in [0.05, 0.1) is 22.2 Å². The third-order valence-electron chi connectivity index (χ3n) is 6.75. The average molecular weight is 623 g/mol. The minimum Gasteiger partial charge on any atom is -0.296 e. The van der Waals surface area contributed by atoms with E-state index in [1.807, 2.05) is 34.9 Å². The Bertz CT molecular complexity index is 1490. The third kappa shape index (κ3) is 6.70. The second-order valence-corrected chi connectivity index (χ2v) is 11.9. The second kappa shape index (κ2) is 12.5. The van der Waals surface area contributed by atoms with Gasteiger partial charge in [0, 0.05) is 33.0 Å². The Morgan fingerprint density at radius 1 is 0.897 bits per heavy atom. The lowest BCUT2D eigenvalue weighted by Gasteiger charge is -2.32. The number of aromatic nitrogens is 3. The summed E-state index contributed by atoms with van der Waals surface area (Å²) < 4.78 is 1.98. The number of hydrogen-bond donors (Lipinski definition) is 0. The van der Waals surface area contributed by atoms with Crippen LogP contribution in [0.1, 0.15) is 35.7 Å². The highest BCUT2D eigenvalue weighted by Crippen LogP contribution is 2.34. The zero-order valence-corrected chi connectivity index (χ0v) is 24.4. The van der Waals surface area contributed by atoms with Gasteiger partial charge in [0.1, 0.15) is 0 Å². The summed E-state index contributed by atoms with van der Waals surface area (Å²) in [5.74, 6) is 1.72. The third-order valence-corrected chi connectivity index (χ3v) is 8.85. The second-order valence-electron chi connectivity index (χ2n) is 9.25. The molecule has 2 heterocycles. The van der Waals surface area contributed by atoms with Crippen molar-refractivity contribution in [2.75, 3.05) is 13.1 Å². The zero-order valence-electron chi connectivity index (χ0n) is 20.6. The highest BCUT2D eigenvalue weighted by atomic mass is 35.5. The normalized spacial score (nSPS) is 14.6. The number of benzene rings is 3. The van der Waals surface area contributed by atoms with Crippen LogP contribution >= 0.6 is 58.2 Å². The molecule has 1 fully saturated rings. The molecule has 202 valence electrons. The first kappa shape index (κ1) is 28.2. The van der Waals surface area contributed by atoms with Crippen LogP contribution in [0.3, 0.4) is 0 Å². The summed E-state index contributed by atoms with van der Waals surface area (Å²) >= 11 is 26.8. The van der Waals surface area contributed by atoms with E-state index in [1.54, 1.807) is 30.3 Å². The van der Waals surface area contributed by atoms with Crippen LogP contribution in [-0.4, -0.2) is 37.7 Å². The highest BCUT2D eigenvalue weighted by Gasteiger charge is 2.24. The van der Waals surface area contributed by atoms with Crippen LogP contribution in [-0.2, 0) is 12.3 Å². The summed E-state index contributed by atoms with van der Waals surface area (Å²) in [6.45, 7) is 2.33. The van der Waals surface area contributed by atoms with Gasteiger partial charge in [-0.1, -0.05) is 76.4 Å². The van der Waals surface area contributed by atoms with Crippen LogP contribution in [0.5, 0.6) is 0 Å². The van der Waals surface area contributed by atoms with Crippen LogP contribution in [0.4, 0.5) is 5.69 Å². The fourth-order valence-corrected chi connectivity index (χ4v) is 6.69. The van der Waals surface area contributed by atoms with E-state index in [1.165, 1.54) is 11.8 Å². The standard InChI is InChI=1S/C27H23Cl4N5O2S/c28-20-4-1-19(23(30)13-20)16-39-27-33-32-26(35(27)25-8-5-21(29)14-24(25)31)15-34-11-9-18(10-12-34)17-2-6-22(7-3-17)36(37)38/h1-8,13-14,18H,9-12,15-16H2. The van der Waals surface area contributed by atoms with E-state index >= 15 is 0 Å². The SMILES string of the molecule is O=[N+]([O-])c1ccc(C2CCN(Cc3nnc(SCc4ccc(Cl)cc4Cl)n3-c3ccc(Cl)cc3Cl)CC2)cc1. The van der Waals surface area contributed by atoms with Gasteiger partial charge in [-0.25, -0.2) is 0 Å². The minimum atomic E-state index is -0.369. The Balaban J connectivity index is 1.33. The molecular formula is C27H23Cl4N5O2S. The quantitative estimate of drug-likeness (QED) is 0.111. The number of halogens is 4. The molecule has 1 aliphatic rings. The van der Waals surface area contributed by atoms with Gasteiger partial charge < -0.3 is 0 Å². The van der Waals surface area contributed by atoms with Crippen molar-refractivity contribution in [3.05, 3.63) is 108 Å². The molecule has 39 heavy (non-hydrogen) atoms. The molecule has 0 unspecified atom stereocenters. The highest BCUT2D eigenvalue weighted by molar-refractivity contribution is 7.98. The van der Waals surface area contributed by atoms with Gasteiger partial charge in [-0.3, -0.25) is 19.6 Å². The Morgan fingerprint density at radius 2 is 1.56 bits per heavy atom. The first-order chi connectivity index (χ1) is 18.8. The monoisotopic (exact) mass is 621 g/mol. The number of nitrogens with zero attached hydrogens (tertiary/aromatic N) is 5. The largest absolute Gasteiger partial charge is 0.296 e. The average Bonchev–Trinajstić information content (AvgIpc) is 3.30. The van der Waals surface area contributed by atoms with Crippen molar-refractivity contribution in [3.8, 4) is 5.69 Å². The van der Waals surface area contributed by atoms with E-state index in [9.17, 15) is 10.1 Å². The van der Waals surface area contributed by atoms with Crippen molar-refractivity contribution in [2.24, 2.45) is 0 Å². The van der Waals surface area contributed by atoms with Crippen molar-refractivity contribution in [1.82, 2.24) is 19.7 Å². The van der Waals surface area contributed by atoms with E-state index < -0.39 is 0 Å². The Kier molecular flexibility index (Phi) is 9.01. The van der Waals surface area contributed by atoms with E-state index in [0.717, 1.165) is 48.6 Å². The molecule has 1 aliphatic heterocycles. The predicted octanol–water partition coefficient (Wildman–Crippen LogP) is 8.46. The number of nitro benzene ring substituents is 1. The summed E-state index contributed by atoms with van der Waals surface area (Å²) in [6.07, 6.45) is 1.90. The van der Waals surface area contributed by atoms with Crippen molar-refractivity contribution < 1.29 is 4.92 Å². The van der Waals surface area contributed by atoms with E-state index in [2.05, 4.69) is 15.1 Å². The molecule has 0 atom stereocenters. The maximum atomic E-state index is 11.0. The Hall–Kier alpha value is -2.33. The summed E-state index contributed by atoms with van der Waals surface area (Å²) in [5.41, 5.74) is 2.95. The van der Waals surface area contributed by atoms with Crippen molar-refractivity contribution in [3.63, 3.8) is 0 Å². The van der Waals surface area contributed by atoms with Gasteiger partial charge in [0.2, 0.25) is 0 Å². The number of likely N-dealkylation sites (tertiary alicyclic amines) is 1. The molecule has 3 aromatic carbocycles. The van der Waals surface area contributed by atoms with Gasteiger partial charge in [0.15, 0.2) is 11.0 Å². The summed E-state index contributed by atoms with van der Waals surface area (Å²) in [5, 5.41) is 23.0. The molecular weight excluding hydrogens is 600 g/mol. The maximum absolute atomic E-state index is 11.0. The lowest BCUT2D eigenvalue weighted by atomic mass is 9.89. The summed E-state index contributed by atoms with van der Waals surface area (Å²) in [4.78, 5) is 12.9.